The molecule has 0 saturated heterocycles. The summed E-state index contributed by atoms with van der Waals surface area (Å²) in [7, 11) is -3.55. The molecule has 0 unspecified atom stereocenters. The van der Waals surface area contributed by atoms with E-state index in [0.29, 0.717) is 12.2 Å². The molecule has 1 aromatic rings. The minimum absolute atomic E-state index is 0.456. The van der Waals surface area contributed by atoms with Gasteiger partial charge in [0, 0.05) is 5.56 Å². The van der Waals surface area contributed by atoms with Crippen molar-refractivity contribution in [3.63, 3.8) is 0 Å². The van der Waals surface area contributed by atoms with Gasteiger partial charge in [-0.2, -0.15) is 8.42 Å². The maximum atomic E-state index is 11.3. The Hall–Kier alpha value is -1.29. The Bertz CT molecular complexity index is 527. The third kappa shape index (κ3) is 2.04. The van der Waals surface area contributed by atoms with Crippen molar-refractivity contribution in [2.24, 2.45) is 0 Å². The lowest BCUT2D eigenvalue weighted by molar-refractivity contribution is 0.495. The van der Waals surface area contributed by atoms with Crippen LogP contribution in [0.15, 0.2) is 23.6 Å². The number of aryl methyl sites for hydroxylation is 2. The normalized spacial score (nSPS) is 17.7. The van der Waals surface area contributed by atoms with E-state index < -0.39 is 10.1 Å². The van der Waals surface area contributed by atoms with Crippen LogP contribution in [0.4, 0.5) is 0 Å². The second-order valence-corrected chi connectivity index (χ2v) is 5.13. The van der Waals surface area contributed by atoms with Crippen LogP contribution < -0.4 is 4.18 Å². The van der Waals surface area contributed by atoms with Crippen molar-refractivity contribution in [2.45, 2.75) is 20.3 Å². The predicted octanol–water partition coefficient (Wildman–Crippen LogP) is 2.08. The molecular formula is C11H12O3S. The topological polar surface area (TPSA) is 43.4 Å². The number of hydrogen-bond donors (Lipinski definition) is 0. The third-order valence-electron chi connectivity index (χ3n) is 2.37. The second-order valence-electron chi connectivity index (χ2n) is 3.71. The zero-order valence-corrected chi connectivity index (χ0v) is 9.47. The summed E-state index contributed by atoms with van der Waals surface area (Å²) in [4.78, 5) is 0. The van der Waals surface area contributed by atoms with E-state index in [9.17, 15) is 8.42 Å². The van der Waals surface area contributed by atoms with E-state index in [-0.39, 0.29) is 0 Å². The van der Waals surface area contributed by atoms with Gasteiger partial charge in [0.05, 0.1) is 5.41 Å². The van der Waals surface area contributed by atoms with E-state index in [4.69, 9.17) is 4.18 Å². The number of fused-ring (bicyclic) bond motifs is 1. The van der Waals surface area contributed by atoms with Gasteiger partial charge >= 0.3 is 10.1 Å². The average molecular weight is 224 g/mol. The monoisotopic (exact) mass is 224 g/mol. The summed E-state index contributed by atoms with van der Waals surface area (Å²) in [5, 5.41) is 1.11. The van der Waals surface area contributed by atoms with Crippen molar-refractivity contribution in [3.8, 4) is 5.75 Å². The highest BCUT2D eigenvalue weighted by Gasteiger charge is 2.17. The van der Waals surface area contributed by atoms with Crippen molar-refractivity contribution in [3.05, 3.63) is 40.3 Å². The Balaban J connectivity index is 2.62. The van der Waals surface area contributed by atoms with Gasteiger partial charge in [-0.3, -0.25) is 0 Å². The third-order valence-corrected chi connectivity index (χ3v) is 3.30. The molecule has 0 saturated carbocycles. The molecule has 4 heteroatoms. The summed E-state index contributed by atoms with van der Waals surface area (Å²) in [5.41, 5.74) is 3.01. The Kier molecular flexibility index (Phi) is 2.31. The molecule has 0 atom stereocenters. The zero-order valence-electron chi connectivity index (χ0n) is 8.65. The summed E-state index contributed by atoms with van der Waals surface area (Å²) >= 11 is 0. The van der Waals surface area contributed by atoms with E-state index in [1.54, 1.807) is 12.1 Å². The van der Waals surface area contributed by atoms with Crippen LogP contribution in [-0.4, -0.2) is 8.42 Å². The highest BCUT2D eigenvalue weighted by Crippen LogP contribution is 2.28. The first-order valence-corrected chi connectivity index (χ1v) is 6.16. The number of rotatable bonds is 0. The van der Waals surface area contributed by atoms with Crippen molar-refractivity contribution < 1.29 is 12.6 Å². The molecule has 0 N–H and O–H groups in total. The van der Waals surface area contributed by atoms with Crippen LogP contribution in [-0.2, 0) is 16.5 Å². The van der Waals surface area contributed by atoms with Gasteiger partial charge in [-0.1, -0.05) is 12.1 Å². The molecule has 1 heterocycles. The van der Waals surface area contributed by atoms with E-state index >= 15 is 0 Å². The molecule has 0 fully saturated rings. The van der Waals surface area contributed by atoms with E-state index in [2.05, 4.69) is 0 Å². The largest absolute Gasteiger partial charge is 0.379 e. The smallest absolute Gasteiger partial charge is 0.331 e. The molecule has 0 aromatic heterocycles. The number of allylic oxidation sites excluding steroid dienone is 1. The predicted molar refractivity (Wildman–Crippen MR) is 58.3 cm³/mol. The Morgan fingerprint density at radius 3 is 2.73 bits per heavy atom. The molecule has 0 aliphatic carbocycles. The Labute approximate surface area is 89.5 Å². The number of benzene rings is 1. The Morgan fingerprint density at radius 1 is 1.27 bits per heavy atom. The lowest BCUT2D eigenvalue weighted by Crippen LogP contribution is -2.05. The molecule has 0 spiro atoms. The molecule has 1 aromatic carbocycles. The van der Waals surface area contributed by atoms with Gasteiger partial charge < -0.3 is 4.18 Å². The number of hydrogen-bond acceptors (Lipinski definition) is 3. The fourth-order valence-corrected chi connectivity index (χ4v) is 2.52. The molecule has 2 rings (SSSR count). The SMILES string of the molecule is Cc1cc(C)c2c(c1)OS(=O)(=O)C=CC2. The maximum absolute atomic E-state index is 11.3. The van der Waals surface area contributed by atoms with Crippen LogP contribution in [0.2, 0.25) is 0 Å². The van der Waals surface area contributed by atoms with E-state index in [1.165, 1.54) is 0 Å². The van der Waals surface area contributed by atoms with Crippen LogP contribution in [0.1, 0.15) is 16.7 Å². The first kappa shape index (κ1) is 10.2. The van der Waals surface area contributed by atoms with Crippen molar-refractivity contribution >= 4 is 10.1 Å². The van der Waals surface area contributed by atoms with Gasteiger partial charge in [-0.15, -0.1) is 0 Å². The fraction of sp³-hybridized carbons (Fsp3) is 0.273. The first-order valence-electron chi connectivity index (χ1n) is 4.69. The summed E-state index contributed by atoms with van der Waals surface area (Å²) in [6, 6.07) is 3.78. The summed E-state index contributed by atoms with van der Waals surface area (Å²) in [6.07, 6.45) is 2.21. The van der Waals surface area contributed by atoms with E-state index in [1.807, 2.05) is 19.9 Å². The summed E-state index contributed by atoms with van der Waals surface area (Å²) < 4.78 is 27.7. The van der Waals surface area contributed by atoms with Gasteiger partial charge in [0.15, 0.2) is 0 Å². The lowest BCUT2D eigenvalue weighted by Gasteiger charge is -2.10. The molecule has 3 nitrogen and oxygen atoms in total. The van der Waals surface area contributed by atoms with Crippen molar-refractivity contribution in [1.82, 2.24) is 0 Å². The second kappa shape index (κ2) is 3.38. The van der Waals surface area contributed by atoms with Crippen LogP contribution >= 0.6 is 0 Å². The van der Waals surface area contributed by atoms with Gasteiger partial charge in [0.25, 0.3) is 0 Å². The van der Waals surface area contributed by atoms with E-state index in [0.717, 1.165) is 22.1 Å². The van der Waals surface area contributed by atoms with Crippen LogP contribution in [0, 0.1) is 13.8 Å². The molecule has 1 aliphatic heterocycles. The van der Waals surface area contributed by atoms with Gasteiger partial charge in [0.2, 0.25) is 0 Å². The molecule has 0 amide bonds. The lowest BCUT2D eigenvalue weighted by atomic mass is 10.0. The van der Waals surface area contributed by atoms with Crippen LogP contribution in [0.5, 0.6) is 5.75 Å². The molecule has 80 valence electrons. The van der Waals surface area contributed by atoms with Gasteiger partial charge in [-0.25, -0.2) is 0 Å². The summed E-state index contributed by atoms with van der Waals surface area (Å²) in [5.74, 6) is 0.456. The quantitative estimate of drug-likeness (QED) is 0.634. The summed E-state index contributed by atoms with van der Waals surface area (Å²) in [6.45, 7) is 3.88. The van der Waals surface area contributed by atoms with Crippen molar-refractivity contribution in [1.29, 1.82) is 0 Å². The molecule has 0 bridgehead atoms. The maximum Gasteiger partial charge on any atom is 0.331 e. The fourth-order valence-electron chi connectivity index (χ4n) is 1.73. The molecule has 0 radical (unpaired) electrons. The molecule has 1 aliphatic rings. The minimum Gasteiger partial charge on any atom is -0.379 e. The van der Waals surface area contributed by atoms with Crippen LogP contribution in [0.3, 0.4) is 0 Å². The highest BCUT2D eigenvalue weighted by atomic mass is 32.2. The Morgan fingerprint density at radius 2 is 2.00 bits per heavy atom. The zero-order chi connectivity index (χ0) is 11.1. The van der Waals surface area contributed by atoms with Gasteiger partial charge in [-0.05, 0) is 37.5 Å². The molecule has 15 heavy (non-hydrogen) atoms. The standard InChI is InChI=1S/C11H12O3S/c1-8-6-9(2)10-4-3-5-15(12,13)14-11(10)7-8/h3,5-7H,4H2,1-2H3. The van der Waals surface area contributed by atoms with Crippen molar-refractivity contribution in [2.75, 3.05) is 0 Å². The van der Waals surface area contributed by atoms with Crippen LogP contribution in [0.25, 0.3) is 0 Å². The highest BCUT2D eigenvalue weighted by molar-refractivity contribution is 7.90. The van der Waals surface area contributed by atoms with Gasteiger partial charge in [0.1, 0.15) is 5.75 Å². The molecular weight excluding hydrogens is 212 g/mol. The minimum atomic E-state index is -3.55. The first-order chi connectivity index (χ1) is 6.98. The average Bonchev–Trinajstić information content (AvgIpc) is 2.21.